The molecule has 0 N–H and O–H groups in total. The molecular formula is C14H20O2. The van der Waals surface area contributed by atoms with Crippen molar-refractivity contribution in [3.8, 4) is 0 Å². The Morgan fingerprint density at radius 1 is 1.19 bits per heavy atom. The first-order chi connectivity index (χ1) is 7.29. The minimum Gasteiger partial charge on any atom is -0.368 e. The SMILES string of the molecule is Cc1ccc(C(=O)COC(C)(C)C)cc1C. The Morgan fingerprint density at radius 2 is 1.81 bits per heavy atom. The Kier molecular flexibility index (Phi) is 3.87. The number of carbonyl (C=O) groups is 1. The Balaban J connectivity index is 2.70. The summed E-state index contributed by atoms with van der Waals surface area (Å²) in [7, 11) is 0. The summed E-state index contributed by atoms with van der Waals surface area (Å²) in [6.07, 6.45) is 0. The smallest absolute Gasteiger partial charge is 0.188 e. The van der Waals surface area contributed by atoms with Crippen LogP contribution in [0.2, 0.25) is 0 Å². The molecule has 0 aliphatic carbocycles. The lowest BCUT2D eigenvalue weighted by atomic mass is 10.0. The van der Waals surface area contributed by atoms with E-state index in [-0.39, 0.29) is 18.0 Å². The summed E-state index contributed by atoms with van der Waals surface area (Å²) in [6, 6.07) is 5.75. The first kappa shape index (κ1) is 12.9. The summed E-state index contributed by atoms with van der Waals surface area (Å²) in [6.45, 7) is 10.0. The van der Waals surface area contributed by atoms with Crippen LogP contribution in [0.25, 0.3) is 0 Å². The van der Waals surface area contributed by atoms with Crippen LogP contribution in [0.15, 0.2) is 18.2 Å². The molecule has 0 radical (unpaired) electrons. The number of ether oxygens (including phenoxy) is 1. The Bertz CT molecular complexity index is 386. The molecule has 2 heteroatoms. The molecule has 0 aliphatic heterocycles. The van der Waals surface area contributed by atoms with Crippen molar-refractivity contribution >= 4 is 5.78 Å². The molecule has 0 fully saturated rings. The zero-order valence-electron chi connectivity index (χ0n) is 10.8. The molecule has 0 unspecified atom stereocenters. The number of hydrogen-bond acceptors (Lipinski definition) is 2. The van der Waals surface area contributed by atoms with Crippen molar-refractivity contribution in [3.05, 3.63) is 34.9 Å². The number of ketones is 1. The number of Topliss-reactive ketones (excluding diaryl/α,β-unsaturated/α-hetero) is 1. The van der Waals surface area contributed by atoms with E-state index in [1.165, 1.54) is 5.56 Å². The standard InChI is InChI=1S/C14H20O2/c1-10-6-7-12(8-11(10)2)13(15)9-16-14(3,4)5/h6-8H,9H2,1-5H3. The molecule has 0 bridgehead atoms. The van der Waals surface area contributed by atoms with Crippen LogP contribution in [-0.4, -0.2) is 18.0 Å². The second-order valence-corrected chi connectivity index (χ2v) is 5.12. The number of carbonyl (C=O) groups excluding carboxylic acids is 1. The normalized spacial score (nSPS) is 11.6. The van der Waals surface area contributed by atoms with Crippen LogP contribution in [0, 0.1) is 13.8 Å². The van der Waals surface area contributed by atoms with Crippen molar-refractivity contribution in [2.75, 3.05) is 6.61 Å². The fourth-order valence-corrected chi connectivity index (χ4v) is 1.28. The zero-order chi connectivity index (χ0) is 12.3. The number of benzene rings is 1. The van der Waals surface area contributed by atoms with E-state index in [4.69, 9.17) is 4.74 Å². The van der Waals surface area contributed by atoms with Crippen LogP contribution in [0.3, 0.4) is 0 Å². The lowest BCUT2D eigenvalue weighted by Gasteiger charge is -2.18. The van der Waals surface area contributed by atoms with Gasteiger partial charge in [-0.1, -0.05) is 12.1 Å². The van der Waals surface area contributed by atoms with Gasteiger partial charge in [0, 0.05) is 5.56 Å². The third kappa shape index (κ3) is 3.78. The van der Waals surface area contributed by atoms with Crippen LogP contribution in [0.5, 0.6) is 0 Å². The van der Waals surface area contributed by atoms with Gasteiger partial charge in [-0.05, 0) is 51.8 Å². The maximum absolute atomic E-state index is 11.8. The van der Waals surface area contributed by atoms with E-state index in [0.29, 0.717) is 0 Å². The van der Waals surface area contributed by atoms with Gasteiger partial charge < -0.3 is 4.74 Å². The predicted molar refractivity (Wildman–Crippen MR) is 66.0 cm³/mol. The van der Waals surface area contributed by atoms with E-state index >= 15 is 0 Å². The fraction of sp³-hybridized carbons (Fsp3) is 0.500. The van der Waals surface area contributed by atoms with Crippen LogP contribution >= 0.6 is 0 Å². The molecule has 0 atom stereocenters. The minimum absolute atomic E-state index is 0.0398. The highest BCUT2D eigenvalue weighted by molar-refractivity contribution is 5.97. The van der Waals surface area contributed by atoms with Gasteiger partial charge in [-0.15, -0.1) is 0 Å². The number of rotatable bonds is 3. The molecular weight excluding hydrogens is 200 g/mol. The molecule has 0 heterocycles. The maximum atomic E-state index is 11.8. The van der Waals surface area contributed by atoms with Gasteiger partial charge in [0.2, 0.25) is 0 Å². The zero-order valence-corrected chi connectivity index (χ0v) is 10.8. The second kappa shape index (κ2) is 4.79. The van der Waals surface area contributed by atoms with E-state index in [9.17, 15) is 4.79 Å². The van der Waals surface area contributed by atoms with Gasteiger partial charge in [0.15, 0.2) is 5.78 Å². The van der Waals surface area contributed by atoms with Crippen molar-refractivity contribution in [2.45, 2.75) is 40.2 Å². The van der Waals surface area contributed by atoms with E-state index in [0.717, 1.165) is 11.1 Å². The maximum Gasteiger partial charge on any atom is 0.188 e. The molecule has 1 aromatic carbocycles. The van der Waals surface area contributed by atoms with Crippen LogP contribution in [0.4, 0.5) is 0 Å². The molecule has 2 nitrogen and oxygen atoms in total. The van der Waals surface area contributed by atoms with Gasteiger partial charge in [0.1, 0.15) is 6.61 Å². The van der Waals surface area contributed by atoms with Crippen molar-refractivity contribution in [1.29, 1.82) is 0 Å². The predicted octanol–water partition coefficient (Wildman–Crippen LogP) is 3.30. The first-order valence-electron chi connectivity index (χ1n) is 5.54. The van der Waals surface area contributed by atoms with Crippen molar-refractivity contribution in [1.82, 2.24) is 0 Å². The summed E-state index contributed by atoms with van der Waals surface area (Å²) < 4.78 is 5.47. The average Bonchev–Trinajstić information content (AvgIpc) is 2.17. The molecule has 0 saturated heterocycles. The molecule has 0 saturated carbocycles. The number of hydrogen-bond donors (Lipinski definition) is 0. The van der Waals surface area contributed by atoms with Crippen LogP contribution < -0.4 is 0 Å². The number of aryl methyl sites for hydroxylation is 2. The fourth-order valence-electron chi connectivity index (χ4n) is 1.28. The van der Waals surface area contributed by atoms with Gasteiger partial charge in [-0.25, -0.2) is 0 Å². The average molecular weight is 220 g/mol. The van der Waals surface area contributed by atoms with Gasteiger partial charge in [0.25, 0.3) is 0 Å². The highest BCUT2D eigenvalue weighted by atomic mass is 16.5. The van der Waals surface area contributed by atoms with Crippen LogP contribution in [-0.2, 0) is 4.74 Å². The molecule has 0 aliphatic rings. The summed E-state index contributed by atoms with van der Waals surface area (Å²) in [5.41, 5.74) is 2.80. The monoisotopic (exact) mass is 220 g/mol. The van der Waals surface area contributed by atoms with Gasteiger partial charge >= 0.3 is 0 Å². The largest absolute Gasteiger partial charge is 0.368 e. The Labute approximate surface area is 97.6 Å². The van der Waals surface area contributed by atoms with Crippen LogP contribution in [0.1, 0.15) is 42.3 Å². The van der Waals surface area contributed by atoms with Gasteiger partial charge in [-0.3, -0.25) is 4.79 Å². The topological polar surface area (TPSA) is 26.3 Å². The summed E-state index contributed by atoms with van der Waals surface area (Å²) in [4.78, 5) is 11.8. The second-order valence-electron chi connectivity index (χ2n) is 5.12. The van der Waals surface area contributed by atoms with E-state index in [1.54, 1.807) is 0 Å². The van der Waals surface area contributed by atoms with Gasteiger partial charge in [0.05, 0.1) is 5.60 Å². The van der Waals surface area contributed by atoms with Crippen molar-refractivity contribution in [3.63, 3.8) is 0 Å². The van der Waals surface area contributed by atoms with Crippen molar-refractivity contribution in [2.24, 2.45) is 0 Å². The highest BCUT2D eigenvalue weighted by Gasteiger charge is 2.14. The van der Waals surface area contributed by atoms with E-state index in [2.05, 4.69) is 0 Å². The molecule has 1 aromatic rings. The molecule has 0 aromatic heterocycles. The van der Waals surface area contributed by atoms with Gasteiger partial charge in [-0.2, -0.15) is 0 Å². The molecule has 16 heavy (non-hydrogen) atoms. The third-order valence-electron chi connectivity index (χ3n) is 2.47. The lowest BCUT2D eigenvalue weighted by molar-refractivity contribution is 0.00306. The quantitative estimate of drug-likeness (QED) is 0.730. The Morgan fingerprint density at radius 3 is 2.31 bits per heavy atom. The van der Waals surface area contributed by atoms with E-state index in [1.807, 2.05) is 52.8 Å². The summed E-state index contributed by atoms with van der Waals surface area (Å²) in [5, 5.41) is 0. The van der Waals surface area contributed by atoms with E-state index < -0.39 is 0 Å². The minimum atomic E-state index is -0.268. The summed E-state index contributed by atoms with van der Waals surface area (Å²) >= 11 is 0. The third-order valence-corrected chi connectivity index (χ3v) is 2.47. The summed E-state index contributed by atoms with van der Waals surface area (Å²) in [5.74, 6) is 0.0398. The molecule has 1 rings (SSSR count). The highest BCUT2D eigenvalue weighted by Crippen LogP contribution is 2.12. The lowest BCUT2D eigenvalue weighted by Crippen LogP contribution is -2.23. The van der Waals surface area contributed by atoms with Crippen molar-refractivity contribution < 1.29 is 9.53 Å². The first-order valence-corrected chi connectivity index (χ1v) is 5.54. The Hall–Kier alpha value is -1.15. The molecule has 0 spiro atoms. The molecule has 0 amide bonds. The molecule has 88 valence electrons.